The monoisotopic (exact) mass is 521 g/mol. The van der Waals surface area contributed by atoms with Crippen molar-refractivity contribution >= 4 is 34.6 Å². The maximum atomic E-state index is 16.1. The SMILES string of the molecule is Cc1ccc(F)cc1Nc1nc2ccc(CC(=O)C(F)(OOC(=O)c3ccccc3)N3CCCC3)cc2o1. The van der Waals surface area contributed by atoms with Crippen molar-refractivity contribution in [2.75, 3.05) is 18.4 Å². The average Bonchev–Trinajstić information content (AvgIpc) is 3.60. The molecular weight excluding hydrogens is 496 g/mol. The summed E-state index contributed by atoms with van der Waals surface area (Å²) in [6.45, 7) is 2.37. The van der Waals surface area contributed by atoms with Gasteiger partial charge in [0.2, 0.25) is 5.78 Å². The second-order valence-electron chi connectivity index (χ2n) is 9.08. The van der Waals surface area contributed by atoms with E-state index in [9.17, 15) is 14.0 Å². The Morgan fingerprint density at radius 1 is 1.08 bits per heavy atom. The van der Waals surface area contributed by atoms with Crippen molar-refractivity contribution in [3.05, 3.63) is 89.2 Å². The predicted molar refractivity (Wildman–Crippen MR) is 135 cm³/mol. The fourth-order valence-electron chi connectivity index (χ4n) is 4.27. The first-order valence-electron chi connectivity index (χ1n) is 12.2. The van der Waals surface area contributed by atoms with Gasteiger partial charge >= 0.3 is 11.9 Å². The van der Waals surface area contributed by atoms with Crippen LogP contribution in [0.5, 0.6) is 0 Å². The number of hydrogen-bond donors (Lipinski definition) is 1. The van der Waals surface area contributed by atoms with Crippen LogP contribution in [0.2, 0.25) is 0 Å². The number of hydrogen-bond acceptors (Lipinski definition) is 8. The number of likely N-dealkylation sites (tertiary alicyclic amines) is 1. The number of benzene rings is 3. The van der Waals surface area contributed by atoms with E-state index in [-0.39, 0.29) is 31.1 Å². The van der Waals surface area contributed by atoms with Gasteiger partial charge in [-0.3, -0.25) is 9.68 Å². The minimum atomic E-state index is -2.95. The van der Waals surface area contributed by atoms with E-state index >= 15 is 4.39 Å². The van der Waals surface area contributed by atoms with E-state index in [0.29, 0.717) is 35.2 Å². The number of fused-ring (bicyclic) bond motifs is 1. The Balaban J connectivity index is 1.32. The Hall–Kier alpha value is -4.15. The van der Waals surface area contributed by atoms with Gasteiger partial charge in [0.15, 0.2) is 5.58 Å². The van der Waals surface area contributed by atoms with Crippen LogP contribution in [-0.4, -0.2) is 40.7 Å². The molecule has 1 atom stereocenters. The molecule has 0 aliphatic carbocycles. The van der Waals surface area contributed by atoms with Crippen LogP contribution in [0.15, 0.2) is 71.1 Å². The van der Waals surface area contributed by atoms with Crippen LogP contribution >= 0.6 is 0 Å². The lowest BCUT2D eigenvalue weighted by atomic mass is 10.1. The second-order valence-corrected chi connectivity index (χ2v) is 9.08. The molecule has 196 valence electrons. The normalized spacial score (nSPS) is 15.3. The van der Waals surface area contributed by atoms with Gasteiger partial charge in [-0.1, -0.05) is 30.3 Å². The Kier molecular flexibility index (Phi) is 7.17. The number of anilines is 2. The molecule has 3 aromatic carbocycles. The van der Waals surface area contributed by atoms with Gasteiger partial charge in [-0.15, -0.1) is 4.89 Å². The number of carbonyl (C=O) groups is 2. The molecule has 1 unspecified atom stereocenters. The van der Waals surface area contributed by atoms with E-state index < -0.39 is 23.5 Å². The molecule has 8 nitrogen and oxygen atoms in total. The molecule has 0 amide bonds. The number of carbonyl (C=O) groups excluding carboxylic acids is 2. The molecule has 10 heteroatoms. The van der Waals surface area contributed by atoms with Crippen molar-refractivity contribution in [1.29, 1.82) is 0 Å². The van der Waals surface area contributed by atoms with Crippen molar-refractivity contribution in [2.45, 2.75) is 32.2 Å². The molecule has 1 aromatic heterocycles. The topological polar surface area (TPSA) is 93.9 Å². The first-order chi connectivity index (χ1) is 18.3. The van der Waals surface area contributed by atoms with Crippen molar-refractivity contribution in [2.24, 2.45) is 0 Å². The van der Waals surface area contributed by atoms with Crippen molar-refractivity contribution in [3.63, 3.8) is 0 Å². The molecule has 1 aliphatic heterocycles. The molecule has 4 aromatic rings. The highest BCUT2D eigenvalue weighted by Crippen LogP contribution is 2.30. The van der Waals surface area contributed by atoms with E-state index in [1.54, 1.807) is 42.5 Å². The van der Waals surface area contributed by atoms with E-state index in [1.165, 1.54) is 29.2 Å². The van der Waals surface area contributed by atoms with Gasteiger partial charge in [-0.05, 0) is 67.3 Å². The van der Waals surface area contributed by atoms with Crippen LogP contribution in [0.1, 0.15) is 34.3 Å². The molecular formula is C28H25F2N3O5. The lowest BCUT2D eigenvalue weighted by Gasteiger charge is -2.30. The second kappa shape index (κ2) is 10.7. The quantitative estimate of drug-likeness (QED) is 0.172. The Morgan fingerprint density at radius 3 is 2.61 bits per heavy atom. The van der Waals surface area contributed by atoms with Crippen LogP contribution < -0.4 is 5.32 Å². The maximum Gasteiger partial charge on any atom is 0.373 e. The van der Waals surface area contributed by atoms with Gasteiger partial charge in [-0.2, -0.15) is 9.37 Å². The number of aromatic nitrogens is 1. The molecule has 1 N–H and O–H groups in total. The molecule has 0 bridgehead atoms. The summed E-state index contributed by atoms with van der Waals surface area (Å²) in [6, 6.07) is 17.3. The van der Waals surface area contributed by atoms with Crippen molar-refractivity contribution in [1.82, 2.24) is 9.88 Å². The Bertz CT molecular complexity index is 1470. The van der Waals surface area contributed by atoms with Crippen LogP contribution in [0.25, 0.3) is 11.1 Å². The number of ketones is 1. The van der Waals surface area contributed by atoms with Crippen molar-refractivity contribution < 1.29 is 32.6 Å². The lowest BCUT2D eigenvalue weighted by molar-refractivity contribution is -0.382. The summed E-state index contributed by atoms with van der Waals surface area (Å²) in [5.41, 5.74) is 2.77. The highest BCUT2D eigenvalue weighted by Gasteiger charge is 2.49. The van der Waals surface area contributed by atoms with E-state index in [2.05, 4.69) is 10.3 Å². The van der Waals surface area contributed by atoms with Gasteiger partial charge in [0.05, 0.1) is 5.56 Å². The third-order valence-electron chi connectivity index (χ3n) is 6.35. The van der Waals surface area contributed by atoms with Crippen molar-refractivity contribution in [3.8, 4) is 0 Å². The van der Waals surface area contributed by atoms with Gasteiger partial charge in [-0.25, -0.2) is 14.1 Å². The highest BCUT2D eigenvalue weighted by atomic mass is 19.2. The third-order valence-corrected chi connectivity index (χ3v) is 6.35. The molecule has 1 aliphatic rings. The van der Waals surface area contributed by atoms with Crippen LogP contribution in [-0.2, 0) is 21.0 Å². The molecule has 5 rings (SSSR count). The lowest BCUT2D eigenvalue weighted by Crippen LogP contribution is -2.53. The minimum absolute atomic E-state index is 0.144. The van der Waals surface area contributed by atoms with Gasteiger partial charge in [0.1, 0.15) is 11.3 Å². The summed E-state index contributed by atoms with van der Waals surface area (Å²) in [4.78, 5) is 40.8. The zero-order chi connectivity index (χ0) is 26.7. The number of alkyl halides is 1. The fourth-order valence-corrected chi connectivity index (χ4v) is 4.27. The largest absolute Gasteiger partial charge is 0.423 e. The van der Waals surface area contributed by atoms with Gasteiger partial charge in [0.25, 0.3) is 6.01 Å². The molecule has 0 spiro atoms. The fraction of sp³-hybridized carbons (Fsp3) is 0.250. The number of rotatable bonds is 9. The molecule has 1 saturated heterocycles. The number of halogens is 2. The molecule has 38 heavy (non-hydrogen) atoms. The minimum Gasteiger partial charge on any atom is -0.423 e. The standard InChI is InChI=1S/C28H25F2N3O5/c1-18-9-11-21(29)17-23(18)32-27-31-22-12-10-19(15-24(22)36-27)16-25(34)28(30,33-13-5-6-14-33)38-37-26(35)20-7-3-2-4-8-20/h2-4,7-12,15,17H,5-6,13-14,16H2,1H3,(H,31,32). The summed E-state index contributed by atoms with van der Waals surface area (Å²) in [6.07, 6.45) is 1.01. The zero-order valence-corrected chi connectivity index (χ0v) is 20.6. The van der Waals surface area contributed by atoms with Gasteiger partial charge < -0.3 is 9.73 Å². The maximum absolute atomic E-state index is 16.1. The van der Waals surface area contributed by atoms with E-state index in [4.69, 9.17) is 14.2 Å². The highest BCUT2D eigenvalue weighted by molar-refractivity contribution is 5.90. The van der Waals surface area contributed by atoms with Crippen LogP contribution in [0.4, 0.5) is 20.5 Å². The van der Waals surface area contributed by atoms with Crippen LogP contribution in [0.3, 0.4) is 0 Å². The number of Topliss-reactive ketones (excluding diaryl/α,β-unsaturated/α-hetero) is 1. The molecule has 0 saturated carbocycles. The predicted octanol–water partition coefficient (Wildman–Crippen LogP) is 5.64. The van der Waals surface area contributed by atoms with E-state index in [0.717, 1.165) is 5.56 Å². The number of aryl methyl sites for hydroxylation is 1. The summed E-state index contributed by atoms with van der Waals surface area (Å²) >= 11 is 0. The average molecular weight is 522 g/mol. The van der Waals surface area contributed by atoms with E-state index in [1.807, 2.05) is 6.92 Å². The van der Waals surface area contributed by atoms with Gasteiger partial charge in [0, 0.05) is 25.2 Å². The molecule has 2 heterocycles. The summed E-state index contributed by atoms with van der Waals surface area (Å²) in [5, 5.41) is 2.94. The molecule has 1 fully saturated rings. The first kappa shape index (κ1) is 25.5. The third kappa shape index (κ3) is 5.41. The zero-order valence-electron chi connectivity index (χ0n) is 20.6. The smallest absolute Gasteiger partial charge is 0.373 e. The molecule has 0 radical (unpaired) electrons. The summed E-state index contributed by atoms with van der Waals surface area (Å²) in [5.74, 6) is -5.18. The summed E-state index contributed by atoms with van der Waals surface area (Å²) < 4.78 is 35.5. The number of oxazole rings is 1. The Morgan fingerprint density at radius 2 is 1.84 bits per heavy atom. The number of nitrogens with zero attached hydrogens (tertiary/aromatic N) is 2. The first-order valence-corrected chi connectivity index (χ1v) is 12.2. The number of nitrogens with one attached hydrogen (secondary N) is 1. The Labute approximate surface area is 217 Å². The van der Waals surface area contributed by atoms with Crippen LogP contribution in [0, 0.1) is 12.7 Å². The summed E-state index contributed by atoms with van der Waals surface area (Å²) in [7, 11) is 0.